The molecule has 0 spiro atoms. The van der Waals surface area contributed by atoms with Gasteiger partial charge in [-0.3, -0.25) is 9.18 Å². The van der Waals surface area contributed by atoms with E-state index in [-0.39, 0.29) is 6.04 Å². The number of hydrogen-bond acceptors (Lipinski definition) is 6. The largest absolute Gasteiger partial charge is 0.367 e. The van der Waals surface area contributed by atoms with Crippen molar-refractivity contribution in [1.29, 1.82) is 0 Å². The molecule has 1 fully saturated rings. The smallest absolute Gasteiger partial charge is 0.231 e. The second-order valence-corrected chi connectivity index (χ2v) is 8.69. The SMILES string of the molecule is C=Nc1cc(Cl)ccc1C(=C)c1cc2nccc(N[C@H]3CC[C@@H](COS(N)=O)C3)n2n1. The first-order valence-corrected chi connectivity index (χ1v) is 11.3. The van der Waals surface area contributed by atoms with Crippen molar-refractivity contribution in [3.05, 3.63) is 59.4 Å². The zero-order valence-electron chi connectivity index (χ0n) is 16.8. The summed E-state index contributed by atoms with van der Waals surface area (Å²) in [5.41, 5.74) is 3.58. The fourth-order valence-electron chi connectivity index (χ4n) is 3.91. The second-order valence-electron chi connectivity index (χ2n) is 7.49. The van der Waals surface area contributed by atoms with Gasteiger partial charge >= 0.3 is 0 Å². The van der Waals surface area contributed by atoms with Crippen LogP contribution >= 0.6 is 11.6 Å². The quantitative estimate of drug-likeness (QED) is 0.497. The van der Waals surface area contributed by atoms with Crippen LogP contribution in [-0.4, -0.2) is 38.2 Å². The van der Waals surface area contributed by atoms with E-state index < -0.39 is 11.3 Å². The normalized spacial score (nSPS) is 19.4. The van der Waals surface area contributed by atoms with E-state index in [0.717, 1.165) is 30.6 Å². The number of fused-ring (bicyclic) bond motifs is 1. The summed E-state index contributed by atoms with van der Waals surface area (Å²) in [4.78, 5) is 8.48. The van der Waals surface area contributed by atoms with Gasteiger partial charge in [-0.15, -0.1) is 0 Å². The van der Waals surface area contributed by atoms with Gasteiger partial charge in [-0.1, -0.05) is 24.2 Å². The molecular formula is C21H23ClN6O2S. The summed E-state index contributed by atoms with van der Waals surface area (Å²) in [7, 11) is 0. The predicted octanol–water partition coefficient (Wildman–Crippen LogP) is 3.91. The molecule has 0 bridgehead atoms. The molecule has 3 aromatic rings. The lowest BCUT2D eigenvalue weighted by Gasteiger charge is -2.15. The second kappa shape index (κ2) is 9.27. The van der Waals surface area contributed by atoms with Crippen LogP contribution in [0, 0.1) is 5.92 Å². The third-order valence-electron chi connectivity index (χ3n) is 5.44. The van der Waals surface area contributed by atoms with Crippen LogP contribution in [0.15, 0.2) is 48.1 Å². The molecule has 2 aromatic heterocycles. The number of rotatable bonds is 8. The number of nitrogens with two attached hydrogens (primary N) is 1. The molecule has 1 aliphatic carbocycles. The van der Waals surface area contributed by atoms with Crippen molar-refractivity contribution in [2.45, 2.75) is 25.3 Å². The van der Waals surface area contributed by atoms with Gasteiger partial charge in [0.15, 0.2) is 5.65 Å². The summed E-state index contributed by atoms with van der Waals surface area (Å²) in [5, 5.41) is 14.0. The molecule has 31 heavy (non-hydrogen) atoms. The molecular weight excluding hydrogens is 436 g/mol. The Labute approximate surface area is 188 Å². The lowest BCUT2D eigenvalue weighted by Crippen LogP contribution is -2.19. The van der Waals surface area contributed by atoms with Crippen molar-refractivity contribution in [2.24, 2.45) is 16.0 Å². The highest BCUT2D eigenvalue weighted by Gasteiger charge is 2.26. The van der Waals surface area contributed by atoms with E-state index in [4.69, 9.17) is 26.0 Å². The van der Waals surface area contributed by atoms with Crippen LogP contribution in [-0.2, 0) is 15.4 Å². The summed E-state index contributed by atoms with van der Waals surface area (Å²) >= 11 is 4.35. The van der Waals surface area contributed by atoms with Gasteiger partial charge in [0.25, 0.3) is 0 Å². The molecule has 8 nitrogen and oxygen atoms in total. The highest BCUT2D eigenvalue weighted by Crippen LogP contribution is 2.33. The molecule has 0 radical (unpaired) electrons. The molecule has 0 aliphatic heterocycles. The van der Waals surface area contributed by atoms with Gasteiger partial charge in [-0.2, -0.15) is 9.61 Å². The molecule has 1 aromatic carbocycles. The van der Waals surface area contributed by atoms with Gasteiger partial charge in [0.2, 0.25) is 11.3 Å². The number of hydrogen-bond donors (Lipinski definition) is 2. The van der Waals surface area contributed by atoms with Crippen LogP contribution in [0.25, 0.3) is 11.2 Å². The Morgan fingerprint density at radius 3 is 3.00 bits per heavy atom. The Hall–Kier alpha value is -2.59. The maximum absolute atomic E-state index is 10.9. The lowest BCUT2D eigenvalue weighted by molar-refractivity contribution is 0.274. The monoisotopic (exact) mass is 458 g/mol. The summed E-state index contributed by atoms with van der Waals surface area (Å²) in [5.74, 6) is 1.17. The van der Waals surface area contributed by atoms with Gasteiger partial charge in [0.1, 0.15) is 5.82 Å². The average Bonchev–Trinajstić information content (AvgIpc) is 3.39. The first kappa shape index (κ1) is 21.6. The van der Waals surface area contributed by atoms with Crippen molar-refractivity contribution in [1.82, 2.24) is 14.6 Å². The average molecular weight is 459 g/mol. The minimum atomic E-state index is -1.72. The number of anilines is 1. The zero-order chi connectivity index (χ0) is 22.0. The maximum atomic E-state index is 10.9. The number of nitrogens with one attached hydrogen (secondary N) is 1. The molecule has 4 rings (SSSR count). The highest BCUT2D eigenvalue weighted by atomic mass is 35.5. The van der Waals surface area contributed by atoms with Crippen molar-refractivity contribution in [3.8, 4) is 0 Å². The van der Waals surface area contributed by atoms with Crippen molar-refractivity contribution < 1.29 is 8.39 Å². The Bertz CT molecular complexity index is 1160. The van der Waals surface area contributed by atoms with E-state index in [9.17, 15) is 4.21 Å². The van der Waals surface area contributed by atoms with Gasteiger partial charge < -0.3 is 5.32 Å². The maximum Gasteiger partial charge on any atom is 0.231 e. The van der Waals surface area contributed by atoms with E-state index in [1.165, 1.54) is 0 Å². The lowest BCUT2D eigenvalue weighted by atomic mass is 10.0. The fraction of sp³-hybridized carbons (Fsp3) is 0.286. The third kappa shape index (κ3) is 4.85. The van der Waals surface area contributed by atoms with Gasteiger partial charge in [-0.25, -0.2) is 14.3 Å². The van der Waals surface area contributed by atoms with Gasteiger partial charge in [0, 0.05) is 34.5 Å². The molecule has 1 aliphatic rings. The van der Waals surface area contributed by atoms with Crippen molar-refractivity contribution in [2.75, 3.05) is 11.9 Å². The third-order valence-corrected chi connectivity index (χ3v) is 6.04. The summed E-state index contributed by atoms with van der Waals surface area (Å²) in [6.45, 7) is 8.23. The van der Waals surface area contributed by atoms with Crippen molar-refractivity contribution >= 4 is 52.3 Å². The minimum Gasteiger partial charge on any atom is -0.367 e. The Morgan fingerprint density at radius 2 is 2.23 bits per heavy atom. The minimum absolute atomic E-state index is 0.258. The van der Waals surface area contributed by atoms with Crippen LogP contribution < -0.4 is 10.5 Å². The predicted molar refractivity (Wildman–Crippen MR) is 125 cm³/mol. The fourth-order valence-corrected chi connectivity index (χ4v) is 4.40. The molecule has 0 amide bonds. The van der Waals surface area contributed by atoms with Crippen molar-refractivity contribution in [3.63, 3.8) is 0 Å². The van der Waals surface area contributed by atoms with Crippen LogP contribution in [0.1, 0.15) is 30.5 Å². The Morgan fingerprint density at radius 1 is 1.39 bits per heavy atom. The van der Waals surface area contributed by atoms with Crippen LogP contribution in [0.4, 0.5) is 11.5 Å². The Kier molecular flexibility index (Phi) is 6.47. The zero-order valence-corrected chi connectivity index (χ0v) is 18.4. The summed E-state index contributed by atoms with van der Waals surface area (Å²) < 4.78 is 17.8. The first-order valence-electron chi connectivity index (χ1n) is 9.81. The molecule has 1 saturated carbocycles. The number of halogens is 1. The van der Waals surface area contributed by atoms with Gasteiger partial charge in [0.05, 0.1) is 18.0 Å². The standard InChI is InChI=1S/C21H23ClN6O2S/c1-13(17-6-4-15(22)10-19(17)24-2)18-11-21-25-8-7-20(28(21)27-18)26-16-5-3-14(9-16)12-30-31(23)29/h4,6-8,10-11,14,16,26H,1-3,5,9,12,23H2/t14-,16+,31?/m1/s1. The number of aromatic nitrogens is 3. The van der Waals surface area contributed by atoms with E-state index in [1.807, 2.05) is 18.2 Å². The topological polar surface area (TPSA) is 107 Å². The van der Waals surface area contributed by atoms with E-state index in [2.05, 4.69) is 28.6 Å². The molecule has 10 heteroatoms. The van der Waals surface area contributed by atoms with E-state index in [1.54, 1.807) is 22.8 Å². The van der Waals surface area contributed by atoms with Crippen LogP contribution in [0.5, 0.6) is 0 Å². The molecule has 3 atom stereocenters. The van der Waals surface area contributed by atoms with Crippen LogP contribution in [0.2, 0.25) is 5.02 Å². The van der Waals surface area contributed by atoms with Crippen LogP contribution in [0.3, 0.4) is 0 Å². The van der Waals surface area contributed by atoms with E-state index in [0.29, 0.717) is 40.1 Å². The number of benzene rings is 1. The Balaban J connectivity index is 1.55. The van der Waals surface area contributed by atoms with E-state index >= 15 is 0 Å². The number of aliphatic imine (C=N–C) groups is 1. The first-order chi connectivity index (χ1) is 14.9. The van der Waals surface area contributed by atoms with Gasteiger partial charge in [-0.05, 0) is 50.1 Å². The molecule has 3 N–H and O–H groups in total. The summed E-state index contributed by atoms with van der Waals surface area (Å²) in [6, 6.07) is 9.44. The summed E-state index contributed by atoms with van der Waals surface area (Å²) in [6.07, 6.45) is 4.62. The number of nitrogens with zero attached hydrogens (tertiary/aromatic N) is 4. The molecule has 2 heterocycles. The molecule has 162 valence electrons. The highest BCUT2D eigenvalue weighted by molar-refractivity contribution is 7.77. The molecule has 0 saturated heterocycles. The molecule has 1 unspecified atom stereocenters.